The maximum atomic E-state index is 13.5. The summed E-state index contributed by atoms with van der Waals surface area (Å²) in [6.45, 7) is 0.555. The van der Waals surface area contributed by atoms with Crippen LogP contribution < -0.4 is 5.32 Å². The van der Waals surface area contributed by atoms with Gasteiger partial charge in [-0.2, -0.15) is 0 Å². The van der Waals surface area contributed by atoms with E-state index in [-0.39, 0.29) is 5.75 Å². The average Bonchev–Trinajstić information content (AvgIpc) is 2.70. The molecule has 134 valence electrons. The number of nitrogens with one attached hydrogen (secondary N) is 1. The van der Waals surface area contributed by atoms with Crippen molar-refractivity contribution in [2.24, 2.45) is 0 Å². The lowest BCUT2D eigenvalue weighted by Crippen LogP contribution is -2.01. The van der Waals surface area contributed by atoms with Gasteiger partial charge in [-0.1, -0.05) is 42.1 Å². The quantitative estimate of drug-likeness (QED) is 0.429. The van der Waals surface area contributed by atoms with Gasteiger partial charge in [-0.05, 0) is 42.0 Å². The molecule has 0 aliphatic carbocycles. The number of halogens is 1. The number of hydrogen-bond acceptors (Lipinski definition) is 4. The number of phenols is 1. The van der Waals surface area contributed by atoms with Crippen LogP contribution >= 0.6 is 11.8 Å². The summed E-state index contributed by atoms with van der Waals surface area (Å²) < 4.78 is 13.5. The number of rotatable bonds is 5. The van der Waals surface area contributed by atoms with E-state index in [1.54, 1.807) is 24.0 Å². The Kier molecular flexibility index (Phi) is 4.94. The van der Waals surface area contributed by atoms with Crippen LogP contribution in [0.2, 0.25) is 0 Å². The fourth-order valence-corrected chi connectivity index (χ4v) is 3.78. The van der Waals surface area contributed by atoms with Gasteiger partial charge >= 0.3 is 0 Å². The third kappa shape index (κ3) is 4.04. The van der Waals surface area contributed by atoms with Crippen LogP contribution in [0, 0.1) is 5.82 Å². The monoisotopic (exact) mass is 376 g/mol. The molecule has 3 aromatic carbocycles. The van der Waals surface area contributed by atoms with Gasteiger partial charge in [0, 0.05) is 39.7 Å². The minimum atomic E-state index is -0.633. The molecular weight excluding hydrogens is 359 g/mol. The Balaban J connectivity index is 1.54. The molecule has 2 N–H and O–H groups in total. The van der Waals surface area contributed by atoms with E-state index in [2.05, 4.69) is 34.6 Å². The van der Waals surface area contributed by atoms with E-state index in [1.165, 1.54) is 12.1 Å². The highest BCUT2D eigenvalue weighted by Crippen LogP contribution is 2.32. The van der Waals surface area contributed by atoms with E-state index in [0.717, 1.165) is 26.3 Å². The number of nitrogens with zero attached hydrogens (tertiary/aromatic N) is 1. The van der Waals surface area contributed by atoms with Crippen LogP contribution in [0.15, 0.2) is 88.8 Å². The number of anilines is 1. The highest BCUT2D eigenvalue weighted by atomic mass is 32.2. The summed E-state index contributed by atoms with van der Waals surface area (Å²) in [6.07, 6.45) is 1.80. The van der Waals surface area contributed by atoms with Crippen molar-refractivity contribution in [3.05, 3.63) is 90.4 Å². The summed E-state index contributed by atoms with van der Waals surface area (Å²) in [5.74, 6) is -0.979. The van der Waals surface area contributed by atoms with E-state index >= 15 is 0 Å². The summed E-state index contributed by atoms with van der Waals surface area (Å²) in [6, 6.07) is 22.6. The first-order valence-corrected chi connectivity index (χ1v) is 9.34. The Labute approximate surface area is 160 Å². The third-order valence-electron chi connectivity index (χ3n) is 4.21. The summed E-state index contributed by atoms with van der Waals surface area (Å²) in [5, 5.41) is 13.6. The zero-order valence-corrected chi connectivity index (χ0v) is 15.2. The molecule has 4 aromatic rings. The molecule has 0 radical (unpaired) electrons. The molecule has 0 fully saturated rings. The maximum Gasteiger partial charge on any atom is 0.166 e. The fourth-order valence-electron chi connectivity index (χ4n) is 2.80. The second-order valence-electron chi connectivity index (χ2n) is 6.09. The predicted molar refractivity (Wildman–Crippen MR) is 108 cm³/mol. The predicted octanol–water partition coefficient (Wildman–Crippen LogP) is 5.84. The third-order valence-corrected chi connectivity index (χ3v) is 5.32. The highest BCUT2D eigenvalue weighted by Gasteiger charge is 2.07. The topological polar surface area (TPSA) is 45.1 Å². The molecule has 4 rings (SSSR count). The van der Waals surface area contributed by atoms with Crippen LogP contribution in [0.5, 0.6) is 5.75 Å². The van der Waals surface area contributed by atoms with Crippen LogP contribution in [0.3, 0.4) is 0 Å². The van der Waals surface area contributed by atoms with E-state index in [4.69, 9.17) is 0 Å². The van der Waals surface area contributed by atoms with Gasteiger partial charge in [0.1, 0.15) is 0 Å². The van der Waals surface area contributed by atoms with Gasteiger partial charge in [0.2, 0.25) is 0 Å². The molecule has 0 bridgehead atoms. The molecular formula is C22H17FN2OS. The Morgan fingerprint density at radius 1 is 0.963 bits per heavy atom. The Bertz CT molecular complexity index is 1100. The largest absolute Gasteiger partial charge is 0.505 e. The van der Waals surface area contributed by atoms with E-state index in [9.17, 15) is 9.50 Å². The molecule has 3 nitrogen and oxygen atoms in total. The number of fused-ring (bicyclic) bond motifs is 1. The minimum Gasteiger partial charge on any atom is -0.505 e. The lowest BCUT2D eigenvalue weighted by Gasteiger charge is -2.12. The van der Waals surface area contributed by atoms with Crippen LogP contribution in [0.25, 0.3) is 10.9 Å². The zero-order valence-electron chi connectivity index (χ0n) is 14.4. The highest BCUT2D eigenvalue weighted by molar-refractivity contribution is 7.99. The molecule has 0 spiro atoms. The summed E-state index contributed by atoms with van der Waals surface area (Å²) >= 11 is 1.68. The van der Waals surface area contributed by atoms with E-state index in [0.29, 0.717) is 12.2 Å². The van der Waals surface area contributed by atoms with Crippen molar-refractivity contribution in [1.82, 2.24) is 4.98 Å². The van der Waals surface area contributed by atoms with Crippen molar-refractivity contribution in [3.63, 3.8) is 0 Å². The van der Waals surface area contributed by atoms with Gasteiger partial charge < -0.3 is 10.4 Å². The molecule has 5 heteroatoms. The molecule has 0 aliphatic rings. The van der Waals surface area contributed by atoms with Crippen molar-refractivity contribution < 1.29 is 9.50 Å². The molecule has 0 saturated carbocycles. The lowest BCUT2D eigenvalue weighted by molar-refractivity contribution is 0.432. The maximum absolute atomic E-state index is 13.5. The van der Waals surface area contributed by atoms with Crippen molar-refractivity contribution in [2.45, 2.75) is 16.3 Å². The van der Waals surface area contributed by atoms with Gasteiger partial charge in [-0.3, -0.25) is 4.98 Å². The molecule has 27 heavy (non-hydrogen) atoms. The molecule has 0 atom stereocenters. The number of benzene rings is 3. The Morgan fingerprint density at radius 3 is 2.74 bits per heavy atom. The van der Waals surface area contributed by atoms with E-state index < -0.39 is 5.82 Å². The number of phenolic OH excluding ortho intramolecular Hbond substituents is 1. The molecule has 0 amide bonds. The molecule has 0 aliphatic heterocycles. The fraction of sp³-hybridized carbons (Fsp3) is 0.0455. The standard InChI is InChI=1S/C22H17FN2OS/c23-19-12-17(8-10-21(19)26)25-14-16-4-1-2-6-22(16)27-18-9-7-15-5-3-11-24-20(15)13-18/h1-13,25-26H,14H2. The lowest BCUT2D eigenvalue weighted by atomic mass is 10.2. The van der Waals surface area contributed by atoms with Gasteiger partial charge in [0.05, 0.1) is 5.52 Å². The smallest absolute Gasteiger partial charge is 0.166 e. The number of aromatic nitrogens is 1. The molecule has 0 saturated heterocycles. The van der Waals surface area contributed by atoms with Crippen molar-refractivity contribution in [1.29, 1.82) is 0 Å². The van der Waals surface area contributed by atoms with Crippen LogP contribution in [0.1, 0.15) is 5.56 Å². The first kappa shape index (κ1) is 17.4. The molecule has 0 unspecified atom stereocenters. The number of aromatic hydroxyl groups is 1. The van der Waals surface area contributed by atoms with Crippen molar-refractivity contribution >= 4 is 28.4 Å². The van der Waals surface area contributed by atoms with Gasteiger partial charge in [-0.25, -0.2) is 4.39 Å². The number of pyridine rings is 1. The summed E-state index contributed by atoms with van der Waals surface area (Å²) in [4.78, 5) is 6.66. The first-order valence-electron chi connectivity index (χ1n) is 8.52. The van der Waals surface area contributed by atoms with Crippen molar-refractivity contribution in [3.8, 4) is 5.75 Å². The van der Waals surface area contributed by atoms with Gasteiger partial charge in [-0.15, -0.1) is 0 Å². The summed E-state index contributed by atoms with van der Waals surface area (Å²) in [7, 11) is 0. The second kappa shape index (κ2) is 7.68. The Hall–Kier alpha value is -3.05. The molecule has 1 aromatic heterocycles. The average molecular weight is 376 g/mol. The zero-order chi connectivity index (χ0) is 18.6. The Morgan fingerprint density at radius 2 is 1.85 bits per heavy atom. The van der Waals surface area contributed by atoms with E-state index in [1.807, 2.05) is 30.3 Å². The van der Waals surface area contributed by atoms with Crippen molar-refractivity contribution in [2.75, 3.05) is 5.32 Å². The first-order chi connectivity index (χ1) is 13.2. The van der Waals surface area contributed by atoms with Gasteiger partial charge in [0.15, 0.2) is 11.6 Å². The van der Waals surface area contributed by atoms with Crippen LogP contribution in [0.4, 0.5) is 10.1 Å². The minimum absolute atomic E-state index is 0.346. The van der Waals surface area contributed by atoms with Crippen LogP contribution in [-0.2, 0) is 6.54 Å². The van der Waals surface area contributed by atoms with Gasteiger partial charge in [0.25, 0.3) is 0 Å². The normalized spacial score (nSPS) is 10.9. The molecule has 1 heterocycles. The van der Waals surface area contributed by atoms with Crippen LogP contribution in [-0.4, -0.2) is 10.1 Å². The summed E-state index contributed by atoms with van der Waals surface area (Å²) in [5.41, 5.74) is 2.70. The SMILES string of the molecule is Oc1ccc(NCc2ccccc2Sc2ccc3cccnc3c2)cc1F. The number of hydrogen-bond donors (Lipinski definition) is 2. The second-order valence-corrected chi connectivity index (χ2v) is 7.20.